The molecule has 0 saturated carbocycles. The molecule has 1 heterocycles. The minimum absolute atomic E-state index is 0.602. The Labute approximate surface area is 123 Å². The molecule has 0 fully saturated rings. The number of fused-ring (bicyclic) bond motifs is 3. The first-order chi connectivity index (χ1) is 9.39. The van der Waals surface area contributed by atoms with Crippen molar-refractivity contribution in [1.82, 2.24) is 0 Å². The Hall–Kier alpha value is -1.14. The van der Waals surface area contributed by atoms with Crippen molar-refractivity contribution in [2.75, 3.05) is 0 Å². The van der Waals surface area contributed by atoms with Gasteiger partial charge in [0.2, 0.25) is 0 Å². The summed E-state index contributed by atoms with van der Waals surface area (Å²) in [5.74, 6) is 0. The highest BCUT2D eigenvalue weighted by Gasteiger charge is 2.23. The largest absolute Gasteiger partial charge is 0.489 e. The molecule has 0 aliphatic heterocycles. The van der Waals surface area contributed by atoms with Crippen LogP contribution in [0, 0.1) is 0 Å². The van der Waals surface area contributed by atoms with Crippen LogP contribution >= 0.6 is 11.3 Å². The van der Waals surface area contributed by atoms with Crippen LogP contribution in [-0.2, 0) is 0 Å². The molecule has 2 aromatic carbocycles. The number of rotatable bonds is 2. The van der Waals surface area contributed by atoms with Crippen LogP contribution in [-0.4, -0.2) is 25.2 Å². The van der Waals surface area contributed by atoms with Crippen molar-refractivity contribution in [1.29, 1.82) is 0 Å². The molecule has 0 atom stereocenters. The zero-order valence-corrected chi connectivity index (χ0v) is 13.7. The molecule has 0 radical (unpaired) electrons. The maximum absolute atomic E-state index is 9.55. The number of hydrogen-bond donors (Lipinski definition) is 2. The highest BCUT2D eigenvalue weighted by atomic mass is 32.1. The molecule has 20 heavy (non-hydrogen) atoms. The molecule has 2 N–H and O–H groups in total. The third kappa shape index (κ3) is 2.11. The summed E-state index contributed by atoms with van der Waals surface area (Å²) in [5.41, 5.74) is 0.602. The zero-order valence-electron chi connectivity index (χ0n) is 11.8. The molecular weight excluding hydrogens is 283 g/mol. The van der Waals surface area contributed by atoms with E-state index in [0.29, 0.717) is 5.46 Å². The molecule has 0 aliphatic carbocycles. The number of thiophene rings is 1. The number of benzene rings is 2. The molecule has 0 saturated heterocycles. The van der Waals surface area contributed by atoms with E-state index in [1.54, 1.807) is 17.4 Å². The first kappa shape index (κ1) is 13.8. The van der Waals surface area contributed by atoms with Crippen LogP contribution in [0.25, 0.3) is 20.2 Å². The Morgan fingerprint density at radius 2 is 1.50 bits per heavy atom. The second kappa shape index (κ2) is 4.70. The average Bonchev–Trinajstić information content (AvgIpc) is 2.75. The summed E-state index contributed by atoms with van der Waals surface area (Å²) in [6, 6.07) is 12.2. The average molecular weight is 300 g/mol. The molecule has 3 aromatic rings. The summed E-state index contributed by atoms with van der Waals surface area (Å²) in [6.45, 7) is 7.02. The Morgan fingerprint density at radius 1 is 0.900 bits per heavy atom. The molecule has 0 amide bonds. The third-order valence-corrected chi connectivity index (χ3v) is 7.16. The van der Waals surface area contributed by atoms with E-state index in [1.165, 1.54) is 15.3 Å². The minimum atomic E-state index is -1.42. The van der Waals surface area contributed by atoms with Crippen LogP contribution < -0.4 is 10.6 Å². The van der Waals surface area contributed by atoms with Gasteiger partial charge in [-0.2, -0.15) is 0 Å². The van der Waals surface area contributed by atoms with Gasteiger partial charge in [-0.1, -0.05) is 56.0 Å². The Morgan fingerprint density at radius 3 is 2.10 bits per heavy atom. The van der Waals surface area contributed by atoms with E-state index in [0.717, 1.165) is 10.1 Å². The van der Waals surface area contributed by atoms with Gasteiger partial charge in [0.1, 0.15) is 0 Å². The van der Waals surface area contributed by atoms with E-state index in [4.69, 9.17) is 0 Å². The highest BCUT2D eigenvalue weighted by Crippen LogP contribution is 2.32. The van der Waals surface area contributed by atoms with Crippen LogP contribution in [0.2, 0.25) is 19.6 Å². The van der Waals surface area contributed by atoms with Crippen molar-refractivity contribution < 1.29 is 10.0 Å². The molecule has 5 heteroatoms. The number of hydrogen-bond acceptors (Lipinski definition) is 3. The smallest absolute Gasteiger partial charge is 0.423 e. The summed E-state index contributed by atoms with van der Waals surface area (Å²) < 4.78 is 2.29. The van der Waals surface area contributed by atoms with Gasteiger partial charge in [0, 0.05) is 14.8 Å². The monoisotopic (exact) mass is 300 g/mol. The predicted octanol–water partition coefficient (Wildman–Crippen LogP) is 2.28. The molecule has 2 nitrogen and oxygen atoms in total. The first-order valence-electron chi connectivity index (χ1n) is 6.70. The van der Waals surface area contributed by atoms with Gasteiger partial charge >= 0.3 is 7.12 Å². The summed E-state index contributed by atoms with van der Waals surface area (Å²) in [6.07, 6.45) is 0. The van der Waals surface area contributed by atoms with Crippen LogP contribution in [0.4, 0.5) is 0 Å². The molecule has 0 spiro atoms. The molecule has 0 bridgehead atoms. The van der Waals surface area contributed by atoms with E-state index in [-0.39, 0.29) is 0 Å². The van der Waals surface area contributed by atoms with Gasteiger partial charge < -0.3 is 10.0 Å². The molecule has 0 unspecified atom stereocenters. The Bertz CT molecular complexity index is 790. The lowest BCUT2D eigenvalue weighted by Crippen LogP contribution is -2.37. The van der Waals surface area contributed by atoms with E-state index < -0.39 is 15.2 Å². The Balaban J connectivity index is 2.45. The first-order valence-corrected chi connectivity index (χ1v) is 11.0. The van der Waals surface area contributed by atoms with Gasteiger partial charge in [0.15, 0.2) is 0 Å². The lowest BCUT2D eigenvalue weighted by molar-refractivity contribution is 0.426. The van der Waals surface area contributed by atoms with Crippen molar-refractivity contribution in [3.63, 3.8) is 0 Å². The topological polar surface area (TPSA) is 40.5 Å². The molecule has 3 rings (SSSR count). The fourth-order valence-electron chi connectivity index (χ4n) is 2.64. The zero-order chi connectivity index (χ0) is 14.5. The van der Waals surface area contributed by atoms with Gasteiger partial charge in [-0.3, -0.25) is 0 Å². The van der Waals surface area contributed by atoms with E-state index in [1.807, 2.05) is 6.07 Å². The van der Waals surface area contributed by atoms with Gasteiger partial charge in [0.05, 0.1) is 8.07 Å². The minimum Gasteiger partial charge on any atom is -0.423 e. The fraction of sp³-hybridized carbons (Fsp3) is 0.200. The standard InChI is InChI=1S/C15H17BO2SSi/c1-20(2,3)13-9-5-7-11-10-6-4-8-12(16(17)18)14(10)19-15(11)13/h4-9,17-18H,1-3H3. The van der Waals surface area contributed by atoms with Crippen LogP contribution in [0.3, 0.4) is 0 Å². The molecule has 1 aromatic heterocycles. The van der Waals surface area contributed by atoms with Crippen LogP contribution in [0.5, 0.6) is 0 Å². The summed E-state index contributed by atoms with van der Waals surface area (Å²) >= 11 is 1.68. The molecule has 102 valence electrons. The second-order valence-electron chi connectivity index (χ2n) is 6.13. The van der Waals surface area contributed by atoms with Crippen LogP contribution in [0.15, 0.2) is 36.4 Å². The quantitative estimate of drug-likeness (QED) is 0.713. The maximum Gasteiger partial charge on any atom is 0.489 e. The van der Waals surface area contributed by atoms with Crippen molar-refractivity contribution in [2.45, 2.75) is 19.6 Å². The van der Waals surface area contributed by atoms with Crippen molar-refractivity contribution >= 4 is 57.4 Å². The van der Waals surface area contributed by atoms with Crippen molar-refractivity contribution in [3.05, 3.63) is 36.4 Å². The molecular formula is C15H17BO2SSi. The highest BCUT2D eigenvalue weighted by molar-refractivity contribution is 7.28. The van der Waals surface area contributed by atoms with Crippen LogP contribution in [0.1, 0.15) is 0 Å². The lowest BCUT2D eigenvalue weighted by atomic mass is 9.80. The van der Waals surface area contributed by atoms with E-state index in [9.17, 15) is 10.0 Å². The normalized spacial score (nSPS) is 12.2. The summed E-state index contributed by atoms with van der Waals surface area (Å²) in [5, 5.41) is 22.9. The van der Waals surface area contributed by atoms with Gasteiger partial charge in [0.25, 0.3) is 0 Å². The van der Waals surface area contributed by atoms with Gasteiger partial charge in [-0.05, 0) is 16.0 Å². The van der Waals surface area contributed by atoms with Gasteiger partial charge in [-0.25, -0.2) is 0 Å². The predicted molar refractivity (Wildman–Crippen MR) is 92.1 cm³/mol. The maximum atomic E-state index is 9.55. The van der Waals surface area contributed by atoms with E-state index in [2.05, 4.69) is 43.9 Å². The SMILES string of the molecule is C[Si](C)(C)c1cccc2c1sc1c(B(O)O)cccc12. The third-order valence-electron chi connectivity index (χ3n) is 3.64. The summed E-state index contributed by atoms with van der Waals surface area (Å²) in [7, 11) is -2.83. The Kier molecular flexibility index (Phi) is 3.25. The molecule has 0 aliphatic rings. The fourth-order valence-corrected chi connectivity index (χ4v) is 6.37. The summed E-state index contributed by atoms with van der Waals surface area (Å²) in [4.78, 5) is 0. The van der Waals surface area contributed by atoms with Crippen molar-refractivity contribution in [2.24, 2.45) is 0 Å². The van der Waals surface area contributed by atoms with Crippen molar-refractivity contribution in [3.8, 4) is 0 Å². The van der Waals surface area contributed by atoms with E-state index >= 15 is 0 Å². The second-order valence-corrected chi connectivity index (χ2v) is 12.2. The van der Waals surface area contributed by atoms with Gasteiger partial charge in [-0.15, -0.1) is 11.3 Å². The lowest BCUT2D eigenvalue weighted by Gasteiger charge is -2.17.